The summed E-state index contributed by atoms with van der Waals surface area (Å²) in [7, 11) is -10.2. The number of hydrogen-bond acceptors (Lipinski definition) is 4. The molecule has 0 saturated carbocycles. The fourth-order valence-corrected chi connectivity index (χ4v) is 10.6. The Kier molecular flexibility index (Phi) is 8.97. The van der Waals surface area contributed by atoms with Crippen LogP contribution in [0.15, 0.2) is 46.2 Å². The zero-order valence-electron chi connectivity index (χ0n) is 20.0. The lowest BCUT2D eigenvalue weighted by Gasteiger charge is -2.38. The molecule has 0 amide bonds. The third kappa shape index (κ3) is 5.62. The maximum atomic E-state index is 14.4. The van der Waals surface area contributed by atoms with Gasteiger partial charge in [0.1, 0.15) is 0 Å². The summed E-state index contributed by atoms with van der Waals surface area (Å²) in [5, 5.41) is -5.60. The summed E-state index contributed by atoms with van der Waals surface area (Å²) in [5.74, 6) is -14.1. The van der Waals surface area contributed by atoms with Crippen LogP contribution in [0.2, 0.25) is 0 Å². The van der Waals surface area contributed by atoms with Gasteiger partial charge in [0, 0.05) is 21.3 Å². The maximum absolute atomic E-state index is 14.4. The Hall–Kier alpha value is -1.32. The van der Waals surface area contributed by atoms with Crippen molar-refractivity contribution in [2.75, 3.05) is 17.3 Å². The molecule has 3 rings (SSSR count). The fraction of sp³-hybridized carbons (Fsp3) is 0.565. The minimum absolute atomic E-state index is 0.0797. The summed E-state index contributed by atoms with van der Waals surface area (Å²) in [5.41, 5.74) is 0. The minimum atomic E-state index is -7.34. The Bertz CT molecular complexity index is 1240. The Labute approximate surface area is 220 Å². The van der Waals surface area contributed by atoms with Crippen molar-refractivity contribution in [2.24, 2.45) is 0 Å². The van der Waals surface area contributed by atoms with E-state index in [1.165, 1.54) is 12.1 Å². The number of fused-ring (bicyclic) bond motifs is 1. The van der Waals surface area contributed by atoms with E-state index in [0.717, 1.165) is 29.9 Å². The van der Waals surface area contributed by atoms with Gasteiger partial charge in [0.05, 0.1) is 0 Å². The zero-order chi connectivity index (χ0) is 28.6. The van der Waals surface area contributed by atoms with Crippen molar-refractivity contribution in [3.8, 4) is 0 Å². The Morgan fingerprint density at radius 2 is 1.42 bits per heavy atom. The Morgan fingerprint density at radius 3 is 2.00 bits per heavy atom. The molecule has 0 atom stereocenters. The van der Waals surface area contributed by atoms with Gasteiger partial charge in [0.2, 0.25) is 0 Å². The van der Waals surface area contributed by atoms with Gasteiger partial charge in [-0.2, -0.15) is 47.9 Å². The number of thioether (sulfide) groups is 1. The second kappa shape index (κ2) is 10.9. The second-order valence-corrected chi connectivity index (χ2v) is 14.9. The van der Waals surface area contributed by atoms with E-state index >= 15 is 0 Å². The number of unbranched alkanes of at least 4 members (excludes halogenated alkanes) is 2. The van der Waals surface area contributed by atoms with Crippen LogP contribution in [0.25, 0.3) is 10.8 Å². The van der Waals surface area contributed by atoms with Crippen LogP contribution in [0.4, 0.5) is 39.5 Å². The van der Waals surface area contributed by atoms with Crippen molar-refractivity contribution in [1.82, 2.24) is 0 Å². The Morgan fingerprint density at radius 1 is 0.842 bits per heavy atom. The minimum Gasteiger partial charge on any atom is -0.211 e. The lowest BCUT2D eigenvalue weighted by atomic mass is 10.1. The first-order valence-corrected chi connectivity index (χ1v) is 15.8. The molecule has 1 saturated heterocycles. The first-order chi connectivity index (χ1) is 17.4. The zero-order valence-corrected chi connectivity index (χ0v) is 22.4. The molecule has 3 nitrogen and oxygen atoms in total. The third-order valence-corrected chi connectivity index (χ3v) is 12.8. The topological polar surface area (TPSA) is 43.4 Å². The highest BCUT2D eigenvalue weighted by Gasteiger charge is 2.86. The molecule has 1 heterocycles. The van der Waals surface area contributed by atoms with E-state index in [1.54, 1.807) is 30.0 Å². The smallest absolute Gasteiger partial charge is 0.211 e. The predicted molar refractivity (Wildman–Crippen MR) is 130 cm³/mol. The van der Waals surface area contributed by atoms with Gasteiger partial charge in [-0.15, -0.1) is 11.8 Å². The third-order valence-electron chi connectivity index (χ3n) is 6.08. The molecule has 2 aromatic rings. The van der Waals surface area contributed by atoms with Gasteiger partial charge in [-0.25, -0.2) is 3.63 Å². The quantitative estimate of drug-likeness (QED) is 0.144. The van der Waals surface area contributed by atoms with Crippen LogP contribution < -0.4 is 0 Å². The highest BCUT2D eigenvalue weighted by atomic mass is 32.3. The average Bonchev–Trinajstić information content (AvgIpc) is 3.29. The van der Waals surface area contributed by atoms with Crippen molar-refractivity contribution in [3.63, 3.8) is 0 Å². The van der Waals surface area contributed by atoms with Crippen molar-refractivity contribution in [3.05, 3.63) is 36.4 Å². The van der Waals surface area contributed by atoms with Crippen LogP contribution in [0.5, 0.6) is 0 Å². The highest BCUT2D eigenvalue weighted by molar-refractivity contribution is 8.33. The molecule has 0 radical (unpaired) electrons. The number of rotatable bonds is 11. The molecule has 0 bridgehead atoms. The van der Waals surface area contributed by atoms with E-state index in [9.17, 15) is 47.9 Å². The molecule has 0 aromatic heterocycles. The molecular weight excluding hydrogens is 591 g/mol. The van der Waals surface area contributed by atoms with Gasteiger partial charge in [-0.1, -0.05) is 42.2 Å². The fourth-order valence-electron chi connectivity index (χ4n) is 3.91. The largest absolute Gasteiger partial charge is 0.460 e. The molecule has 0 spiro atoms. The van der Waals surface area contributed by atoms with Crippen molar-refractivity contribution >= 4 is 43.0 Å². The monoisotopic (exact) mass is 616 g/mol. The molecule has 216 valence electrons. The second-order valence-electron chi connectivity index (χ2n) is 8.84. The van der Waals surface area contributed by atoms with Gasteiger partial charge >= 0.3 is 33.4 Å². The standard InChI is InChI=1S/C23H25F9O3S3/c1-2-3-4-11-36-18-9-7-17-15-19(10-8-16(17)14-18)37(12-5-6-13-37)35-38(33,34)23(31,32)21(26,27)20(24,25)22(28,29)30/h7-10,14-15H,2-6,11-13H2,1H3. The van der Waals surface area contributed by atoms with Gasteiger partial charge in [0.25, 0.3) is 0 Å². The van der Waals surface area contributed by atoms with Crippen LogP contribution >= 0.6 is 22.1 Å². The molecule has 15 heteroatoms. The number of halogens is 9. The molecule has 1 aliphatic heterocycles. The van der Waals surface area contributed by atoms with Crippen LogP contribution in [-0.2, 0) is 13.7 Å². The van der Waals surface area contributed by atoms with Crippen LogP contribution in [0.1, 0.15) is 39.0 Å². The summed E-state index contributed by atoms with van der Waals surface area (Å²) in [6.07, 6.45) is -3.48. The van der Waals surface area contributed by atoms with Crippen molar-refractivity contribution in [2.45, 2.75) is 72.1 Å². The van der Waals surface area contributed by atoms with E-state index < -0.39 is 43.7 Å². The first kappa shape index (κ1) is 31.2. The molecular formula is C23H25F9O3S3. The van der Waals surface area contributed by atoms with E-state index in [4.69, 9.17) is 0 Å². The first-order valence-electron chi connectivity index (χ1n) is 11.5. The summed E-state index contributed by atoms with van der Waals surface area (Å²) >= 11 is 1.63. The number of alkyl halides is 9. The lowest BCUT2D eigenvalue weighted by molar-refractivity contribution is -0.382. The van der Waals surface area contributed by atoms with E-state index in [1.807, 2.05) is 6.07 Å². The number of hydrogen-bond donors (Lipinski definition) is 0. The van der Waals surface area contributed by atoms with Crippen LogP contribution in [0.3, 0.4) is 0 Å². The van der Waals surface area contributed by atoms with Gasteiger partial charge in [-0.3, -0.25) is 0 Å². The summed E-state index contributed by atoms with van der Waals surface area (Å²) in [6.45, 7) is 2.08. The van der Waals surface area contributed by atoms with E-state index in [-0.39, 0.29) is 29.2 Å². The summed E-state index contributed by atoms with van der Waals surface area (Å²) in [4.78, 5) is 1.03. The average molecular weight is 617 g/mol. The molecule has 1 aliphatic rings. The van der Waals surface area contributed by atoms with Crippen LogP contribution in [-0.4, -0.2) is 49.0 Å². The summed E-state index contributed by atoms with van der Waals surface area (Å²) in [6, 6.07) is 9.74. The number of benzene rings is 2. The predicted octanol–water partition coefficient (Wildman–Crippen LogP) is 8.77. The van der Waals surface area contributed by atoms with E-state index in [2.05, 4.69) is 10.6 Å². The van der Waals surface area contributed by atoms with Crippen LogP contribution in [0, 0.1) is 0 Å². The normalized spacial score (nSPS) is 18.2. The molecule has 0 aliphatic carbocycles. The molecule has 0 N–H and O–H groups in total. The Balaban J connectivity index is 1.95. The highest BCUT2D eigenvalue weighted by Crippen LogP contribution is 2.65. The van der Waals surface area contributed by atoms with Gasteiger partial charge in [0.15, 0.2) is 0 Å². The van der Waals surface area contributed by atoms with E-state index in [0.29, 0.717) is 10.8 Å². The molecule has 0 unspecified atom stereocenters. The van der Waals surface area contributed by atoms with Crippen molar-refractivity contribution < 1.29 is 51.6 Å². The SMILES string of the molecule is CCCCCSc1ccc2cc(S3(OS(=O)(=O)C(F)(F)C(F)(F)C(F)(F)C(F)(F)F)CCCC3)ccc2c1. The molecule has 1 fully saturated rings. The van der Waals surface area contributed by atoms with Gasteiger partial charge in [-0.05, 0) is 60.1 Å². The molecule has 2 aromatic carbocycles. The van der Waals surface area contributed by atoms with Gasteiger partial charge < -0.3 is 0 Å². The van der Waals surface area contributed by atoms with Crippen molar-refractivity contribution in [1.29, 1.82) is 0 Å². The molecule has 38 heavy (non-hydrogen) atoms. The maximum Gasteiger partial charge on any atom is 0.460 e. The summed E-state index contributed by atoms with van der Waals surface area (Å²) < 4.78 is 150. The lowest BCUT2D eigenvalue weighted by Crippen LogP contribution is -2.63.